The fourth-order valence-electron chi connectivity index (χ4n) is 3.46. The van der Waals surface area contributed by atoms with Crippen LogP contribution in [0.1, 0.15) is 28.4 Å². The Morgan fingerprint density at radius 1 is 1.00 bits per heavy atom. The van der Waals surface area contributed by atoms with Crippen LogP contribution in [0.5, 0.6) is 0 Å². The van der Waals surface area contributed by atoms with Crippen molar-refractivity contribution in [2.45, 2.75) is 26.3 Å². The molecule has 1 saturated heterocycles. The topological polar surface area (TPSA) is 61.9 Å². The van der Waals surface area contributed by atoms with Gasteiger partial charge in [-0.05, 0) is 36.2 Å². The average molecular weight is 467 g/mol. The highest BCUT2D eigenvalue weighted by molar-refractivity contribution is 5.94. The van der Waals surface area contributed by atoms with Crippen molar-refractivity contribution in [2.75, 3.05) is 37.7 Å². The lowest BCUT2D eigenvalue weighted by atomic mass is 10.1. The Balaban J connectivity index is 1.43. The third-order valence-electron chi connectivity index (χ3n) is 5.26. The van der Waals surface area contributed by atoms with E-state index >= 15 is 0 Å². The zero-order chi connectivity index (χ0) is 24.0. The number of Topliss-reactive ketones (excluding diaryl/α,β-unsaturated/α-hetero) is 1. The number of ether oxygens (including phenoxy) is 1. The van der Waals surface area contributed by atoms with E-state index in [9.17, 15) is 27.2 Å². The average Bonchev–Trinajstić information content (AvgIpc) is 2.77. The lowest BCUT2D eigenvalue weighted by Crippen LogP contribution is -2.51. The maximum Gasteiger partial charge on any atom is 0.411 e. The first-order valence-electron chi connectivity index (χ1n) is 10.4. The lowest BCUT2D eigenvalue weighted by molar-refractivity contribution is -0.176. The maximum atomic E-state index is 14.4. The van der Waals surface area contributed by atoms with Crippen molar-refractivity contribution in [1.29, 1.82) is 0 Å². The van der Waals surface area contributed by atoms with Crippen molar-refractivity contribution in [1.82, 2.24) is 10.2 Å². The van der Waals surface area contributed by atoms with Gasteiger partial charge in [-0.1, -0.05) is 24.3 Å². The van der Waals surface area contributed by atoms with E-state index in [4.69, 9.17) is 0 Å². The molecule has 178 valence electrons. The molecule has 1 N–H and O–H groups in total. The SMILES string of the molecule is CC(=O)c1ccc(N2CCN(C(=O)NCc3ccc(COCC(F)(F)F)cc3)CC2)c(F)c1. The van der Waals surface area contributed by atoms with Gasteiger partial charge in [0, 0.05) is 38.3 Å². The van der Waals surface area contributed by atoms with E-state index < -0.39 is 18.6 Å². The van der Waals surface area contributed by atoms with Crippen LogP contribution in [0.4, 0.5) is 28.0 Å². The molecule has 0 aromatic heterocycles. The summed E-state index contributed by atoms with van der Waals surface area (Å²) < 4.78 is 55.3. The summed E-state index contributed by atoms with van der Waals surface area (Å²) in [6.07, 6.45) is -4.36. The van der Waals surface area contributed by atoms with Crippen molar-refractivity contribution in [3.63, 3.8) is 0 Å². The number of rotatable bonds is 7. The zero-order valence-electron chi connectivity index (χ0n) is 18.1. The summed E-state index contributed by atoms with van der Waals surface area (Å²) in [5.74, 6) is -0.667. The zero-order valence-corrected chi connectivity index (χ0v) is 18.1. The molecule has 3 rings (SSSR count). The third kappa shape index (κ3) is 7.18. The number of ketones is 1. The quantitative estimate of drug-likeness (QED) is 0.491. The number of carbonyl (C=O) groups is 2. The van der Waals surface area contributed by atoms with Gasteiger partial charge in [0.25, 0.3) is 0 Å². The van der Waals surface area contributed by atoms with Crippen LogP contribution in [-0.4, -0.2) is 55.7 Å². The van der Waals surface area contributed by atoms with Crippen LogP contribution < -0.4 is 10.2 Å². The summed E-state index contributed by atoms with van der Waals surface area (Å²) in [5.41, 5.74) is 2.12. The molecule has 0 spiro atoms. The second-order valence-electron chi connectivity index (χ2n) is 7.78. The predicted octanol–water partition coefficient (Wildman–Crippen LogP) is 4.14. The van der Waals surface area contributed by atoms with Crippen molar-refractivity contribution in [2.24, 2.45) is 0 Å². The smallest absolute Gasteiger partial charge is 0.367 e. The molecule has 0 saturated carbocycles. The Morgan fingerprint density at radius 3 is 2.21 bits per heavy atom. The monoisotopic (exact) mass is 467 g/mol. The maximum absolute atomic E-state index is 14.4. The lowest BCUT2D eigenvalue weighted by Gasteiger charge is -2.36. The molecule has 2 amide bonds. The summed E-state index contributed by atoms with van der Waals surface area (Å²) in [4.78, 5) is 27.3. The standard InChI is InChI=1S/C23H25F4N3O3/c1-16(31)19-6-7-21(20(24)12-19)29-8-10-30(11-9-29)22(32)28-13-17-2-4-18(5-3-17)14-33-15-23(25,26)27/h2-7,12H,8-11,13-15H2,1H3,(H,28,32). The van der Waals surface area contributed by atoms with E-state index in [2.05, 4.69) is 10.1 Å². The molecule has 33 heavy (non-hydrogen) atoms. The van der Waals surface area contributed by atoms with Crippen LogP contribution in [0.15, 0.2) is 42.5 Å². The highest BCUT2D eigenvalue weighted by Gasteiger charge is 2.27. The number of carbonyl (C=O) groups excluding carboxylic acids is 2. The van der Waals surface area contributed by atoms with Crippen LogP contribution in [-0.2, 0) is 17.9 Å². The van der Waals surface area contributed by atoms with E-state index in [0.29, 0.717) is 43.0 Å². The number of alkyl halides is 3. The summed E-state index contributed by atoms with van der Waals surface area (Å²) in [6, 6.07) is 10.9. The molecule has 0 unspecified atom stereocenters. The minimum absolute atomic E-state index is 0.144. The molecule has 2 aromatic carbocycles. The predicted molar refractivity (Wildman–Crippen MR) is 115 cm³/mol. The minimum atomic E-state index is -4.36. The molecule has 0 atom stereocenters. The molecule has 10 heteroatoms. The molecule has 1 aliphatic heterocycles. The number of nitrogens with one attached hydrogen (secondary N) is 1. The summed E-state index contributed by atoms with van der Waals surface area (Å²) in [6.45, 7) is 1.94. The van der Waals surface area contributed by atoms with E-state index in [1.54, 1.807) is 41.3 Å². The van der Waals surface area contributed by atoms with Gasteiger partial charge in [-0.15, -0.1) is 0 Å². The molecular weight excluding hydrogens is 442 g/mol. The van der Waals surface area contributed by atoms with Crippen molar-refractivity contribution >= 4 is 17.5 Å². The van der Waals surface area contributed by atoms with Crippen LogP contribution in [0.3, 0.4) is 0 Å². The molecular formula is C23H25F4N3O3. The normalized spacial score (nSPS) is 14.3. The largest absolute Gasteiger partial charge is 0.411 e. The molecule has 6 nitrogen and oxygen atoms in total. The van der Waals surface area contributed by atoms with Gasteiger partial charge in [0.05, 0.1) is 12.3 Å². The van der Waals surface area contributed by atoms with E-state index in [1.807, 2.05) is 4.90 Å². The second kappa shape index (κ2) is 10.7. The first-order valence-corrected chi connectivity index (χ1v) is 10.4. The van der Waals surface area contributed by atoms with Crippen molar-refractivity contribution < 1.29 is 31.9 Å². The number of hydrogen-bond donors (Lipinski definition) is 1. The van der Waals surface area contributed by atoms with E-state index in [1.165, 1.54) is 13.0 Å². The number of benzene rings is 2. The Bertz CT molecular complexity index is 972. The number of nitrogens with zero attached hydrogens (tertiary/aromatic N) is 2. The summed E-state index contributed by atoms with van der Waals surface area (Å²) in [7, 11) is 0. The molecule has 0 aliphatic carbocycles. The second-order valence-corrected chi connectivity index (χ2v) is 7.78. The fraction of sp³-hybridized carbons (Fsp3) is 0.391. The van der Waals surface area contributed by atoms with Crippen LogP contribution in [0.25, 0.3) is 0 Å². The van der Waals surface area contributed by atoms with Gasteiger partial charge in [-0.2, -0.15) is 13.2 Å². The number of hydrogen-bond acceptors (Lipinski definition) is 4. The van der Waals surface area contributed by atoms with Crippen LogP contribution in [0.2, 0.25) is 0 Å². The number of anilines is 1. The molecule has 0 bridgehead atoms. The van der Waals surface area contributed by atoms with Gasteiger partial charge in [0.1, 0.15) is 12.4 Å². The highest BCUT2D eigenvalue weighted by Crippen LogP contribution is 2.22. The first-order chi connectivity index (χ1) is 15.6. The highest BCUT2D eigenvalue weighted by atomic mass is 19.4. The molecule has 2 aromatic rings. The van der Waals surface area contributed by atoms with Gasteiger partial charge in [-0.25, -0.2) is 9.18 Å². The van der Waals surface area contributed by atoms with Crippen LogP contribution in [0, 0.1) is 5.82 Å². The Morgan fingerprint density at radius 2 is 1.64 bits per heavy atom. The van der Waals surface area contributed by atoms with Crippen molar-refractivity contribution in [3.05, 3.63) is 65.0 Å². The number of piperazine rings is 1. The third-order valence-corrected chi connectivity index (χ3v) is 5.26. The van der Waals surface area contributed by atoms with Crippen molar-refractivity contribution in [3.8, 4) is 0 Å². The molecule has 1 aliphatic rings. The van der Waals surface area contributed by atoms with E-state index in [0.717, 1.165) is 5.56 Å². The number of amides is 2. The van der Waals surface area contributed by atoms with Gasteiger partial charge < -0.3 is 19.9 Å². The Hall–Kier alpha value is -3.14. The van der Waals surface area contributed by atoms with Crippen LogP contribution >= 0.6 is 0 Å². The fourth-order valence-corrected chi connectivity index (χ4v) is 3.46. The molecule has 0 radical (unpaired) electrons. The number of urea groups is 1. The molecule has 1 heterocycles. The summed E-state index contributed by atoms with van der Waals surface area (Å²) in [5, 5.41) is 2.81. The Kier molecular flexibility index (Phi) is 7.91. The van der Waals surface area contributed by atoms with Gasteiger partial charge >= 0.3 is 12.2 Å². The van der Waals surface area contributed by atoms with Gasteiger partial charge in [0.2, 0.25) is 0 Å². The molecule has 1 fully saturated rings. The van der Waals surface area contributed by atoms with E-state index in [-0.39, 0.29) is 25.0 Å². The van der Waals surface area contributed by atoms with Gasteiger partial charge in [0.15, 0.2) is 5.78 Å². The Labute approximate surface area is 189 Å². The first kappa shape index (κ1) is 24.5. The summed E-state index contributed by atoms with van der Waals surface area (Å²) >= 11 is 0. The van der Waals surface area contributed by atoms with Gasteiger partial charge in [-0.3, -0.25) is 4.79 Å². The minimum Gasteiger partial charge on any atom is -0.367 e. The number of halogens is 4.